The van der Waals surface area contributed by atoms with Gasteiger partial charge in [-0.3, -0.25) is 4.68 Å². The topological polar surface area (TPSA) is 63.2 Å². The van der Waals surface area contributed by atoms with E-state index in [9.17, 15) is 5.11 Å². The molecule has 2 heterocycles. The van der Waals surface area contributed by atoms with Gasteiger partial charge in [0.15, 0.2) is 0 Å². The Morgan fingerprint density at radius 1 is 1.25 bits per heavy atom. The fourth-order valence-corrected chi connectivity index (χ4v) is 2.81. The van der Waals surface area contributed by atoms with Crippen molar-refractivity contribution in [2.75, 3.05) is 6.54 Å². The average Bonchev–Trinajstić information content (AvgIpc) is 3.24. The van der Waals surface area contributed by atoms with Crippen LogP contribution in [0.5, 0.6) is 0 Å². The van der Waals surface area contributed by atoms with Gasteiger partial charge in [-0.25, -0.2) is 0 Å². The Morgan fingerprint density at radius 2 is 2.08 bits per heavy atom. The van der Waals surface area contributed by atoms with Crippen LogP contribution < -0.4 is 5.32 Å². The maximum Gasteiger partial charge on any atom is 0.121 e. The summed E-state index contributed by atoms with van der Waals surface area (Å²) < 4.78 is 7.28. The molecule has 0 bridgehead atoms. The SMILES string of the molecule is Cc1ccccc1CC(NCC(O)c1cnn(C)c1)c1ccco1. The number of aliphatic hydroxyl groups is 1. The van der Waals surface area contributed by atoms with Crippen molar-refractivity contribution in [3.8, 4) is 0 Å². The summed E-state index contributed by atoms with van der Waals surface area (Å²) in [6.45, 7) is 2.54. The van der Waals surface area contributed by atoms with E-state index in [1.807, 2.05) is 37.5 Å². The second kappa shape index (κ2) is 7.47. The number of aromatic nitrogens is 2. The van der Waals surface area contributed by atoms with Crippen molar-refractivity contribution >= 4 is 0 Å². The zero-order valence-corrected chi connectivity index (χ0v) is 14.0. The monoisotopic (exact) mass is 325 g/mol. The molecule has 0 aliphatic carbocycles. The highest BCUT2D eigenvalue weighted by Crippen LogP contribution is 2.22. The van der Waals surface area contributed by atoms with E-state index in [2.05, 4.69) is 29.5 Å². The van der Waals surface area contributed by atoms with Gasteiger partial charge in [0.1, 0.15) is 5.76 Å². The number of rotatable bonds is 7. The first kappa shape index (κ1) is 16.5. The largest absolute Gasteiger partial charge is 0.468 e. The minimum atomic E-state index is -0.604. The Hall–Kier alpha value is -2.37. The van der Waals surface area contributed by atoms with Gasteiger partial charge in [0, 0.05) is 25.4 Å². The summed E-state index contributed by atoms with van der Waals surface area (Å²) in [6, 6.07) is 12.2. The van der Waals surface area contributed by atoms with Gasteiger partial charge in [0.25, 0.3) is 0 Å². The summed E-state index contributed by atoms with van der Waals surface area (Å²) >= 11 is 0. The quantitative estimate of drug-likeness (QED) is 0.701. The van der Waals surface area contributed by atoms with Crippen molar-refractivity contribution in [1.29, 1.82) is 0 Å². The first-order valence-electron chi connectivity index (χ1n) is 8.11. The molecule has 3 aromatic rings. The van der Waals surface area contributed by atoms with Crippen molar-refractivity contribution in [3.05, 3.63) is 77.5 Å². The van der Waals surface area contributed by atoms with Gasteiger partial charge < -0.3 is 14.8 Å². The van der Waals surface area contributed by atoms with E-state index in [-0.39, 0.29) is 6.04 Å². The highest BCUT2D eigenvalue weighted by molar-refractivity contribution is 5.27. The lowest BCUT2D eigenvalue weighted by atomic mass is 9.99. The predicted octanol–water partition coefficient (Wildman–Crippen LogP) is 2.93. The molecule has 0 saturated heterocycles. The van der Waals surface area contributed by atoms with Crippen LogP contribution in [0.3, 0.4) is 0 Å². The molecule has 0 aliphatic heterocycles. The lowest BCUT2D eigenvalue weighted by molar-refractivity contribution is 0.167. The number of furan rings is 1. The van der Waals surface area contributed by atoms with Gasteiger partial charge in [0.2, 0.25) is 0 Å². The van der Waals surface area contributed by atoms with Crippen LogP contribution in [-0.4, -0.2) is 21.4 Å². The van der Waals surface area contributed by atoms with Crippen LogP contribution >= 0.6 is 0 Å². The number of nitrogens with zero attached hydrogens (tertiary/aromatic N) is 2. The van der Waals surface area contributed by atoms with Gasteiger partial charge in [-0.2, -0.15) is 5.10 Å². The van der Waals surface area contributed by atoms with Crippen LogP contribution in [-0.2, 0) is 13.5 Å². The molecule has 0 saturated carbocycles. The Kier molecular flexibility index (Phi) is 5.13. The smallest absolute Gasteiger partial charge is 0.121 e. The van der Waals surface area contributed by atoms with Crippen LogP contribution in [0.25, 0.3) is 0 Å². The molecule has 1 aromatic carbocycles. The van der Waals surface area contributed by atoms with Gasteiger partial charge in [-0.1, -0.05) is 24.3 Å². The van der Waals surface area contributed by atoms with E-state index in [1.165, 1.54) is 11.1 Å². The van der Waals surface area contributed by atoms with Gasteiger partial charge >= 0.3 is 0 Å². The molecule has 2 N–H and O–H groups in total. The first-order valence-corrected chi connectivity index (χ1v) is 8.11. The van der Waals surface area contributed by atoms with Crippen molar-refractivity contribution in [3.63, 3.8) is 0 Å². The molecule has 0 radical (unpaired) electrons. The molecule has 3 rings (SSSR count). The van der Waals surface area contributed by atoms with Crippen LogP contribution in [0, 0.1) is 6.92 Å². The molecular weight excluding hydrogens is 302 g/mol. The van der Waals surface area contributed by atoms with Gasteiger partial charge in [-0.05, 0) is 36.6 Å². The zero-order valence-electron chi connectivity index (χ0n) is 14.0. The van der Waals surface area contributed by atoms with E-state index in [0.29, 0.717) is 6.54 Å². The highest BCUT2D eigenvalue weighted by Gasteiger charge is 2.18. The second-order valence-corrected chi connectivity index (χ2v) is 6.07. The van der Waals surface area contributed by atoms with E-state index in [0.717, 1.165) is 17.7 Å². The highest BCUT2D eigenvalue weighted by atomic mass is 16.3. The molecule has 0 amide bonds. The van der Waals surface area contributed by atoms with Gasteiger partial charge in [-0.15, -0.1) is 0 Å². The van der Waals surface area contributed by atoms with Crippen LogP contribution in [0.4, 0.5) is 0 Å². The van der Waals surface area contributed by atoms with Crippen molar-refractivity contribution < 1.29 is 9.52 Å². The molecule has 0 fully saturated rings. The van der Waals surface area contributed by atoms with Crippen molar-refractivity contribution in [1.82, 2.24) is 15.1 Å². The summed E-state index contributed by atoms with van der Waals surface area (Å²) in [4.78, 5) is 0. The number of hydrogen-bond donors (Lipinski definition) is 2. The van der Waals surface area contributed by atoms with Gasteiger partial charge in [0.05, 0.1) is 24.6 Å². The summed E-state index contributed by atoms with van der Waals surface area (Å²) in [7, 11) is 1.84. The lowest BCUT2D eigenvalue weighted by Crippen LogP contribution is -2.28. The third kappa shape index (κ3) is 3.93. The number of aryl methyl sites for hydroxylation is 2. The average molecular weight is 325 g/mol. The minimum absolute atomic E-state index is 0.00687. The Balaban J connectivity index is 1.70. The third-order valence-electron chi connectivity index (χ3n) is 4.24. The van der Waals surface area contributed by atoms with E-state index >= 15 is 0 Å². The number of hydrogen-bond acceptors (Lipinski definition) is 4. The van der Waals surface area contributed by atoms with Crippen LogP contribution in [0.2, 0.25) is 0 Å². The zero-order chi connectivity index (χ0) is 16.9. The molecule has 24 heavy (non-hydrogen) atoms. The molecule has 5 nitrogen and oxygen atoms in total. The molecule has 0 spiro atoms. The lowest BCUT2D eigenvalue weighted by Gasteiger charge is -2.20. The normalized spacial score (nSPS) is 13.8. The predicted molar refractivity (Wildman–Crippen MR) is 92.5 cm³/mol. The Morgan fingerprint density at radius 3 is 2.75 bits per heavy atom. The maximum absolute atomic E-state index is 10.4. The molecule has 2 atom stereocenters. The molecule has 0 aliphatic rings. The standard InChI is InChI=1S/C19H23N3O2/c1-14-6-3-4-7-15(14)10-17(19-8-5-9-24-19)20-12-18(23)16-11-21-22(2)13-16/h3-9,11,13,17-18,20,23H,10,12H2,1-2H3. The van der Waals surface area contributed by atoms with Crippen molar-refractivity contribution in [2.45, 2.75) is 25.5 Å². The second-order valence-electron chi connectivity index (χ2n) is 6.07. The van der Waals surface area contributed by atoms with Crippen molar-refractivity contribution in [2.24, 2.45) is 7.05 Å². The minimum Gasteiger partial charge on any atom is -0.468 e. The van der Waals surface area contributed by atoms with E-state index < -0.39 is 6.10 Å². The third-order valence-corrected chi connectivity index (χ3v) is 4.24. The molecule has 2 aromatic heterocycles. The van der Waals surface area contributed by atoms with E-state index in [1.54, 1.807) is 17.1 Å². The summed E-state index contributed by atoms with van der Waals surface area (Å²) in [5.74, 6) is 0.872. The van der Waals surface area contributed by atoms with E-state index in [4.69, 9.17) is 4.42 Å². The molecular formula is C19H23N3O2. The molecule has 5 heteroatoms. The van der Waals surface area contributed by atoms with Crippen LogP contribution in [0.15, 0.2) is 59.5 Å². The Bertz CT molecular complexity index is 765. The fourth-order valence-electron chi connectivity index (χ4n) is 2.81. The summed E-state index contributed by atoms with van der Waals surface area (Å²) in [5, 5.41) is 17.9. The first-order chi connectivity index (χ1) is 11.6. The maximum atomic E-state index is 10.4. The number of nitrogens with one attached hydrogen (secondary N) is 1. The molecule has 126 valence electrons. The fraction of sp³-hybridized carbons (Fsp3) is 0.316. The van der Waals surface area contributed by atoms with Crippen LogP contribution in [0.1, 0.15) is 34.6 Å². The summed E-state index contributed by atoms with van der Waals surface area (Å²) in [5.41, 5.74) is 3.32. The Labute approximate surface area is 141 Å². The number of aliphatic hydroxyl groups excluding tert-OH is 1. The molecule has 2 unspecified atom stereocenters. The number of benzene rings is 1. The summed E-state index contributed by atoms with van der Waals surface area (Å²) in [6.07, 6.45) is 5.40.